The largest absolute Gasteiger partial charge is 0.342 e. The molecule has 1 N–H and O–H groups in total. The molecule has 1 aromatic heterocycles. The summed E-state index contributed by atoms with van der Waals surface area (Å²) in [6.07, 6.45) is 4.01. The average Bonchev–Trinajstić information content (AvgIpc) is 3.29. The first-order chi connectivity index (χ1) is 15.1. The molecule has 0 saturated carbocycles. The summed E-state index contributed by atoms with van der Waals surface area (Å²) in [7, 11) is 0. The Labute approximate surface area is 178 Å². The fourth-order valence-electron chi connectivity index (χ4n) is 4.03. The number of nitrogens with one attached hydrogen (secondary N) is 1. The third-order valence-electron chi connectivity index (χ3n) is 5.51. The average molecular weight is 410 g/mol. The predicted octanol–water partition coefficient (Wildman–Crippen LogP) is 4.46. The molecule has 5 rings (SSSR count). The van der Waals surface area contributed by atoms with Gasteiger partial charge in [-0.3, -0.25) is 14.9 Å². The van der Waals surface area contributed by atoms with E-state index in [1.165, 1.54) is 23.8 Å². The molecule has 4 nitrogen and oxygen atoms in total. The Morgan fingerprint density at radius 1 is 0.839 bits per heavy atom. The summed E-state index contributed by atoms with van der Waals surface area (Å²) in [4.78, 5) is 24.1. The number of rotatable bonds is 5. The molecule has 31 heavy (non-hydrogen) atoms. The van der Waals surface area contributed by atoms with Crippen LogP contribution in [0.4, 0.5) is 4.39 Å². The number of aromatic nitrogens is 1. The first-order valence-corrected chi connectivity index (χ1v) is 10.0. The van der Waals surface area contributed by atoms with Gasteiger partial charge in [-0.1, -0.05) is 48.5 Å². The van der Waals surface area contributed by atoms with Crippen molar-refractivity contribution in [2.45, 2.75) is 13.0 Å². The fourth-order valence-corrected chi connectivity index (χ4v) is 4.03. The standard InChI is InChI=1S/C26H19FN2O2/c27-20-9-6-18(7-10-20)15-29-16-23(22-14-25(30)28-26(22)31)21-13-19(8-11-24(21)29)12-17-4-2-1-3-5-17/h1-11,13-14,16H,12,15H2,(H,28,30,31). The molecule has 0 radical (unpaired) electrons. The summed E-state index contributed by atoms with van der Waals surface area (Å²) in [6.45, 7) is 0.525. The van der Waals surface area contributed by atoms with Crippen LogP contribution in [0.15, 0.2) is 85.1 Å². The molecule has 1 aliphatic rings. The molecule has 0 fully saturated rings. The first kappa shape index (κ1) is 19.0. The smallest absolute Gasteiger partial charge is 0.258 e. The van der Waals surface area contributed by atoms with Gasteiger partial charge in [-0.05, 0) is 47.4 Å². The van der Waals surface area contributed by atoms with Gasteiger partial charge in [-0.15, -0.1) is 0 Å². The van der Waals surface area contributed by atoms with E-state index in [-0.39, 0.29) is 11.7 Å². The third-order valence-corrected chi connectivity index (χ3v) is 5.51. The number of carbonyl (C=O) groups is 2. The minimum absolute atomic E-state index is 0.279. The van der Waals surface area contributed by atoms with Crippen molar-refractivity contribution in [2.24, 2.45) is 0 Å². The zero-order valence-electron chi connectivity index (χ0n) is 16.6. The first-order valence-electron chi connectivity index (χ1n) is 10.0. The van der Waals surface area contributed by atoms with E-state index in [1.807, 2.05) is 35.0 Å². The summed E-state index contributed by atoms with van der Waals surface area (Å²) < 4.78 is 15.3. The van der Waals surface area contributed by atoms with Crippen LogP contribution in [0, 0.1) is 5.82 Å². The summed E-state index contributed by atoms with van der Waals surface area (Å²) in [5.41, 5.74) is 5.29. The molecule has 0 aliphatic carbocycles. The monoisotopic (exact) mass is 410 g/mol. The van der Waals surface area contributed by atoms with E-state index in [9.17, 15) is 14.0 Å². The van der Waals surface area contributed by atoms with Crippen molar-refractivity contribution in [1.82, 2.24) is 9.88 Å². The second-order valence-corrected chi connectivity index (χ2v) is 7.69. The molecular weight excluding hydrogens is 391 g/mol. The van der Waals surface area contributed by atoms with Crippen molar-refractivity contribution in [3.63, 3.8) is 0 Å². The molecule has 0 atom stereocenters. The lowest BCUT2D eigenvalue weighted by Crippen LogP contribution is -2.21. The lowest BCUT2D eigenvalue weighted by Gasteiger charge is -2.07. The highest BCUT2D eigenvalue weighted by Gasteiger charge is 2.25. The molecule has 1 aliphatic heterocycles. The van der Waals surface area contributed by atoms with Crippen LogP contribution in [0.2, 0.25) is 0 Å². The molecule has 0 spiro atoms. The lowest BCUT2D eigenvalue weighted by molar-refractivity contribution is -0.123. The van der Waals surface area contributed by atoms with Crippen LogP contribution in [0.5, 0.6) is 0 Å². The van der Waals surface area contributed by atoms with Gasteiger partial charge in [0.15, 0.2) is 0 Å². The highest BCUT2D eigenvalue weighted by atomic mass is 19.1. The lowest BCUT2D eigenvalue weighted by atomic mass is 10.00. The van der Waals surface area contributed by atoms with E-state index < -0.39 is 5.91 Å². The van der Waals surface area contributed by atoms with Gasteiger partial charge in [0.1, 0.15) is 5.82 Å². The summed E-state index contributed by atoms with van der Waals surface area (Å²) >= 11 is 0. The summed E-state index contributed by atoms with van der Waals surface area (Å²) in [5, 5.41) is 3.24. The van der Waals surface area contributed by atoms with Gasteiger partial charge in [-0.2, -0.15) is 0 Å². The Hall–Kier alpha value is -3.99. The maximum Gasteiger partial charge on any atom is 0.258 e. The van der Waals surface area contributed by atoms with E-state index >= 15 is 0 Å². The number of fused-ring (bicyclic) bond motifs is 1. The van der Waals surface area contributed by atoms with Crippen LogP contribution in [-0.4, -0.2) is 16.4 Å². The molecule has 2 amide bonds. The number of hydrogen-bond acceptors (Lipinski definition) is 2. The van der Waals surface area contributed by atoms with Gasteiger partial charge < -0.3 is 4.57 Å². The Morgan fingerprint density at radius 3 is 2.29 bits per heavy atom. The highest BCUT2D eigenvalue weighted by molar-refractivity contribution is 6.35. The van der Waals surface area contributed by atoms with Crippen LogP contribution < -0.4 is 5.32 Å². The molecule has 0 bridgehead atoms. The van der Waals surface area contributed by atoms with Crippen LogP contribution in [0.1, 0.15) is 22.3 Å². The molecule has 4 aromatic rings. The van der Waals surface area contributed by atoms with Gasteiger partial charge in [0.25, 0.3) is 11.8 Å². The SMILES string of the molecule is O=C1C=C(c2cn(Cc3ccc(F)cc3)c3ccc(Cc4ccccc4)cc23)C(=O)N1. The number of amides is 2. The van der Waals surface area contributed by atoms with Crippen molar-refractivity contribution >= 4 is 28.3 Å². The third kappa shape index (κ3) is 3.78. The van der Waals surface area contributed by atoms with Crippen molar-refractivity contribution in [1.29, 1.82) is 0 Å². The fraction of sp³-hybridized carbons (Fsp3) is 0.0769. The highest BCUT2D eigenvalue weighted by Crippen LogP contribution is 2.31. The Balaban J connectivity index is 1.60. The number of carbonyl (C=O) groups excluding carboxylic acids is 2. The van der Waals surface area contributed by atoms with Crippen molar-refractivity contribution < 1.29 is 14.0 Å². The maximum atomic E-state index is 13.3. The van der Waals surface area contributed by atoms with E-state index in [0.717, 1.165) is 34.0 Å². The van der Waals surface area contributed by atoms with Gasteiger partial charge in [0, 0.05) is 35.3 Å². The van der Waals surface area contributed by atoms with Crippen LogP contribution in [-0.2, 0) is 22.6 Å². The Kier molecular flexibility index (Phi) is 4.71. The zero-order valence-corrected chi connectivity index (χ0v) is 16.6. The Bertz CT molecular complexity index is 1340. The molecule has 3 aromatic carbocycles. The normalized spacial score (nSPS) is 13.5. The maximum absolute atomic E-state index is 13.3. The van der Waals surface area contributed by atoms with Gasteiger partial charge in [-0.25, -0.2) is 4.39 Å². The summed E-state index contributed by atoms with van der Waals surface area (Å²) in [5.74, 6) is -1.07. The molecule has 0 unspecified atom stereocenters. The van der Waals surface area contributed by atoms with E-state index in [4.69, 9.17) is 0 Å². The second kappa shape index (κ2) is 7.69. The van der Waals surface area contributed by atoms with Crippen molar-refractivity contribution in [3.8, 4) is 0 Å². The molecular formula is C26H19FN2O2. The number of halogens is 1. The van der Waals surface area contributed by atoms with E-state index in [0.29, 0.717) is 12.1 Å². The number of hydrogen-bond donors (Lipinski definition) is 1. The predicted molar refractivity (Wildman–Crippen MR) is 118 cm³/mol. The quantitative estimate of drug-likeness (QED) is 0.494. The van der Waals surface area contributed by atoms with E-state index in [2.05, 4.69) is 29.6 Å². The number of imide groups is 1. The molecule has 2 heterocycles. The van der Waals surface area contributed by atoms with E-state index in [1.54, 1.807) is 12.1 Å². The van der Waals surface area contributed by atoms with Crippen LogP contribution in [0.25, 0.3) is 16.5 Å². The molecule has 5 heteroatoms. The van der Waals surface area contributed by atoms with Crippen LogP contribution >= 0.6 is 0 Å². The van der Waals surface area contributed by atoms with Crippen LogP contribution in [0.3, 0.4) is 0 Å². The topological polar surface area (TPSA) is 51.1 Å². The minimum atomic E-state index is -0.403. The summed E-state index contributed by atoms with van der Waals surface area (Å²) in [6, 6.07) is 22.7. The minimum Gasteiger partial charge on any atom is -0.342 e. The van der Waals surface area contributed by atoms with Crippen molar-refractivity contribution in [3.05, 3.63) is 113 Å². The number of nitrogens with zero attached hydrogens (tertiary/aromatic N) is 1. The molecule has 0 saturated heterocycles. The Morgan fingerprint density at radius 2 is 1.58 bits per heavy atom. The van der Waals surface area contributed by atoms with Crippen molar-refractivity contribution in [2.75, 3.05) is 0 Å². The van der Waals surface area contributed by atoms with Gasteiger partial charge in [0.2, 0.25) is 0 Å². The van der Waals surface area contributed by atoms with Gasteiger partial charge >= 0.3 is 0 Å². The molecule has 152 valence electrons. The van der Waals surface area contributed by atoms with Gasteiger partial charge in [0.05, 0.1) is 5.57 Å². The second-order valence-electron chi connectivity index (χ2n) is 7.69. The zero-order chi connectivity index (χ0) is 21.4. The number of benzene rings is 3.